The summed E-state index contributed by atoms with van der Waals surface area (Å²) in [6.07, 6.45) is 0. The number of rotatable bonds is 7. The van der Waals surface area contributed by atoms with Crippen LogP contribution in [0.25, 0.3) is 0 Å². The van der Waals surface area contributed by atoms with Crippen molar-refractivity contribution in [1.82, 2.24) is 0 Å². The van der Waals surface area contributed by atoms with Gasteiger partial charge in [-0.2, -0.15) is 0 Å². The van der Waals surface area contributed by atoms with Gasteiger partial charge in [-0.3, -0.25) is 4.72 Å². The molecule has 0 fully saturated rings. The molecule has 0 saturated heterocycles. The van der Waals surface area contributed by atoms with Crippen LogP contribution in [0.3, 0.4) is 0 Å². The summed E-state index contributed by atoms with van der Waals surface area (Å²) in [5.74, 6) is -0.192. The minimum absolute atomic E-state index is 0.0235. The van der Waals surface area contributed by atoms with Crippen molar-refractivity contribution >= 4 is 33.3 Å². The molecule has 6 nitrogen and oxygen atoms in total. The molecule has 0 radical (unpaired) electrons. The number of sulfonamides is 1. The van der Waals surface area contributed by atoms with Gasteiger partial charge in [0.2, 0.25) is 10.0 Å². The summed E-state index contributed by atoms with van der Waals surface area (Å²) in [6, 6.07) is 6.14. The van der Waals surface area contributed by atoms with E-state index in [2.05, 4.69) is 9.46 Å². The zero-order valence-corrected chi connectivity index (χ0v) is 11.8. The highest BCUT2D eigenvalue weighted by molar-refractivity contribution is 7.92. The van der Waals surface area contributed by atoms with Gasteiger partial charge in [-0.25, -0.2) is 13.2 Å². The number of carbonyl (C=O) groups is 1. The van der Waals surface area contributed by atoms with E-state index >= 15 is 0 Å². The number of ether oxygens (including phenoxy) is 2. The molecule has 0 spiro atoms. The Kier molecular flexibility index (Phi) is 5.91. The van der Waals surface area contributed by atoms with E-state index in [1.165, 1.54) is 19.2 Å². The van der Waals surface area contributed by atoms with E-state index in [0.29, 0.717) is 11.4 Å². The number of methoxy groups -OCH3 is 1. The number of benzene rings is 1. The monoisotopic (exact) mass is 307 g/mol. The fourth-order valence-electron chi connectivity index (χ4n) is 1.15. The second kappa shape index (κ2) is 7.20. The molecule has 106 valence electrons. The Hall–Kier alpha value is -1.47. The molecule has 19 heavy (non-hydrogen) atoms. The van der Waals surface area contributed by atoms with E-state index in [4.69, 9.17) is 16.3 Å². The predicted molar refractivity (Wildman–Crippen MR) is 72.1 cm³/mol. The van der Waals surface area contributed by atoms with Crippen LogP contribution in [0, 0.1) is 0 Å². The largest absolute Gasteiger partial charge is 0.482 e. The van der Waals surface area contributed by atoms with Gasteiger partial charge in [0.1, 0.15) is 5.75 Å². The van der Waals surface area contributed by atoms with Gasteiger partial charge in [0.05, 0.1) is 12.9 Å². The van der Waals surface area contributed by atoms with Crippen LogP contribution in [-0.4, -0.2) is 39.7 Å². The molecule has 0 aliphatic carbocycles. The fraction of sp³-hybridized carbons (Fsp3) is 0.364. The first kappa shape index (κ1) is 15.6. The third-order valence-electron chi connectivity index (χ3n) is 2.06. The third kappa shape index (κ3) is 5.80. The van der Waals surface area contributed by atoms with E-state index in [9.17, 15) is 13.2 Å². The van der Waals surface area contributed by atoms with Crippen LogP contribution >= 0.6 is 11.6 Å². The molecule has 1 N–H and O–H groups in total. The summed E-state index contributed by atoms with van der Waals surface area (Å²) in [5, 5.41) is 0. The summed E-state index contributed by atoms with van der Waals surface area (Å²) in [6.45, 7) is -0.201. The first-order chi connectivity index (χ1) is 8.96. The number of halogens is 1. The van der Waals surface area contributed by atoms with Gasteiger partial charge in [0.15, 0.2) is 6.61 Å². The average molecular weight is 308 g/mol. The topological polar surface area (TPSA) is 81.7 Å². The Morgan fingerprint density at radius 3 is 2.47 bits per heavy atom. The van der Waals surface area contributed by atoms with E-state index in [1.54, 1.807) is 12.1 Å². The zero-order valence-electron chi connectivity index (χ0n) is 10.3. The molecule has 0 aliphatic rings. The maximum absolute atomic E-state index is 11.5. The van der Waals surface area contributed by atoms with Crippen LogP contribution in [0.5, 0.6) is 5.75 Å². The van der Waals surface area contributed by atoms with Crippen molar-refractivity contribution in [3.05, 3.63) is 24.3 Å². The molecule has 0 saturated carbocycles. The smallest absolute Gasteiger partial charge is 0.343 e. The number of esters is 1. The third-order valence-corrected chi connectivity index (χ3v) is 3.76. The molecule has 0 bridgehead atoms. The van der Waals surface area contributed by atoms with Gasteiger partial charge in [-0.05, 0) is 24.3 Å². The van der Waals surface area contributed by atoms with E-state index < -0.39 is 16.0 Å². The zero-order chi connectivity index (χ0) is 14.3. The van der Waals surface area contributed by atoms with Gasteiger partial charge in [-0.1, -0.05) is 0 Å². The first-order valence-electron chi connectivity index (χ1n) is 5.33. The van der Waals surface area contributed by atoms with E-state index in [-0.39, 0.29) is 18.2 Å². The lowest BCUT2D eigenvalue weighted by molar-refractivity contribution is -0.142. The Bertz CT molecular complexity index is 514. The minimum atomic E-state index is -3.42. The van der Waals surface area contributed by atoms with Crippen molar-refractivity contribution in [3.63, 3.8) is 0 Å². The van der Waals surface area contributed by atoms with Crippen molar-refractivity contribution < 1.29 is 22.7 Å². The molecule has 0 aromatic heterocycles. The van der Waals surface area contributed by atoms with Crippen molar-refractivity contribution in [3.8, 4) is 5.75 Å². The van der Waals surface area contributed by atoms with Crippen molar-refractivity contribution in [1.29, 1.82) is 0 Å². The van der Waals surface area contributed by atoms with Gasteiger partial charge in [-0.15, -0.1) is 11.6 Å². The van der Waals surface area contributed by atoms with E-state index in [1.807, 2.05) is 0 Å². The quantitative estimate of drug-likeness (QED) is 0.605. The lowest BCUT2D eigenvalue weighted by Crippen LogP contribution is -2.17. The number of anilines is 1. The summed E-state index contributed by atoms with van der Waals surface area (Å²) >= 11 is 5.38. The lowest BCUT2D eigenvalue weighted by Gasteiger charge is -2.08. The number of hydrogen-bond acceptors (Lipinski definition) is 5. The number of alkyl halides is 1. The van der Waals surface area contributed by atoms with Crippen LogP contribution in [-0.2, 0) is 19.6 Å². The molecule has 1 aromatic carbocycles. The van der Waals surface area contributed by atoms with Gasteiger partial charge in [0, 0.05) is 11.6 Å². The molecule has 8 heteroatoms. The van der Waals surface area contributed by atoms with Gasteiger partial charge >= 0.3 is 5.97 Å². The Morgan fingerprint density at radius 1 is 1.32 bits per heavy atom. The van der Waals surface area contributed by atoms with Crippen molar-refractivity contribution in [2.45, 2.75) is 0 Å². The highest BCUT2D eigenvalue weighted by Crippen LogP contribution is 2.16. The maximum atomic E-state index is 11.5. The summed E-state index contributed by atoms with van der Waals surface area (Å²) in [7, 11) is -2.16. The van der Waals surface area contributed by atoms with Crippen LogP contribution in [0.2, 0.25) is 0 Å². The van der Waals surface area contributed by atoms with Crippen LogP contribution in [0.4, 0.5) is 5.69 Å². The molecule has 1 aromatic rings. The molecular weight excluding hydrogens is 294 g/mol. The van der Waals surface area contributed by atoms with E-state index in [0.717, 1.165) is 0 Å². The molecular formula is C11H14ClNO5S. The lowest BCUT2D eigenvalue weighted by atomic mass is 10.3. The second-order valence-electron chi connectivity index (χ2n) is 3.50. The Morgan fingerprint density at radius 2 is 1.95 bits per heavy atom. The molecule has 0 unspecified atom stereocenters. The SMILES string of the molecule is COC(=O)COc1ccc(NS(=O)(=O)CCCl)cc1. The normalized spacial score (nSPS) is 10.8. The van der Waals surface area contributed by atoms with Crippen LogP contribution < -0.4 is 9.46 Å². The number of nitrogens with one attached hydrogen (secondary N) is 1. The standard InChI is InChI=1S/C11H14ClNO5S/c1-17-11(14)8-18-10-4-2-9(3-5-10)13-19(15,16)7-6-12/h2-5,13H,6-8H2,1H3. The van der Waals surface area contributed by atoms with Gasteiger partial charge < -0.3 is 9.47 Å². The summed E-state index contributed by atoms with van der Waals surface area (Å²) < 4.78 is 34.8. The average Bonchev–Trinajstić information content (AvgIpc) is 2.37. The number of hydrogen-bond donors (Lipinski definition) is 1. The first-order valence-corrected chi connectivity index (χ1v) is 7.51. The summed E-state index contributed by atoms with van der Waals surface area (Å²) in [4.78, 5) is 10.9. The molecule has 0 aliphatic heterocycles. The van der Waals surface area contributed by atoms with Crippen LogP contribution in [0.15, 0.2) is 24.3 Å². The van der Waals surface area contributed by atoms with Crippen molar-refractivity contribution in [2.75, 3.05) is 30.1 Å². The highest BCUT2D eigenvalue weighted by atomic mass is 35.5. The molecule has 0 atom stereocenters. The molecule has 0 amide bonds. The molecule has 1 rings (SSSR count). The maximum Gasteiger partial charge on any atom is 0.343 e. The fourth-order valence-corrected chi connectivity index (χ4v) is 2.56. The second-order valence-corrected chi connectivity index (χ2v) is 5.72. The highest BCUT2D eigenvalue weighted by Gasteiger charge is 2.09. The van der Waals surface area contributed by atoms with Crippen molar-refractivity contribution in [2.24, 2.45) is 0 Å². The van der Waals surface area contributed by atoms with Crippen LogP contribution in [0.1, 0.15) is 0 Å². The van der Waals surface area contributed by atoms with Gasteiger partial charge in [0.25, 0.3) is 0 Å². The Labute approximate surface area is 116 Å². The minimum Gasteiger partial charge on any atom is -0.482 e. The predicted octanol–water partition coefficient (Wildman–Crippen LogP) is 1.22. The summed E-state index contributed by atoms with van der Waals surface area (Å²) in [5.41, 5.74) is 0.399. The molecule has 0 heterocycles. The number of carbonyl (C=O) groups excluding carboxylic acids is 1. The Balaban J connectivity index is 2.59.